The summed E-state index contributed by atoms with van der Waals surface area (Å²) in [5.41, 5.74) is 2.51. The highest BCUT2D eigenvalue weighted by atomic mass is 32.2. The standard InChI is InChI=1S/C33H42N6O5S3/c1-7-37(8-2)46(41,42)29-18-14-17-27(21-29)31-35-36-33(39(31)23-26-15-12-11-13-16-26)45-25(6)32(40)34-28-20-19-24(5)30(22-28)47(43,44)38(9-3)10-4/h11-22,25H,7-10,23H2,1-6H3,(H,34,40). The van der Waals surface area contributed by atoms with Gasteiger partial charge in [0.15, 0.2) is 11.0 Å². The summed E-state index contributed by atoms with van der Waals surface area (Å²) in [5.74, 6) is 0.124. The van der Waals surface area contributed by atoms with Crippen molar-refractivity contribution in [3.63, 3.8) is 0 Å². The van der Waals surface area contributed by atoms with E-state index in [1.54, 1.807) is 77.9 Å². The van der Waals surface area contributed by atoms with Crippen molar-refractivity contribution in [3.8, 4) is 11.4 Å². The Labute approximate surface area is 282 Å². The number of nitrogens with one attached hydrogen (secondary N) is 1. The molecule has 3 aromatic carbocycles. The summed E-state index contributed by atoms with van der Waals surface area (Å²) in [4.78, 5) is 13.7. The minimum atomic E-state index is -3.72. The highest BCUT2D eigenvalue weighted by Crippen LogP contribution is 2.31. The van der Waals surface area contributed by atoms with E-state index < -0.39 is 25.3 Å². The van der Waals surface area contributed by atoms with E-state index in [0.717, 1.165) is 5.56 Å². The van der Waals surface area contributed by atoms with Crippen LogP contribution in [0.3, 0.4) is 0 Å². The zero-order valence-corrected chi connectivity index (χ0v) is 30.0. The van der Waals surface area contributed by atoms with Gasteiger partial charge in [-0.3, -0.25) is 9.36 Å². The summed E-state index contributed by atoms with van der Waals surface area (Å²) in [6.45, 7) is 12.4. The number of aryl methyl sites for hydroxylation is 1. The predicted molar refractivity (Wildman–Crippen MR) is 186 cm³/mol. The van der Waals surface area contributed by atoms with Crippen LogP contribution in [-0.4, -0.2) is 77.5 Å². The number of amides is 1. The van der Waals surface area contributed by atoms with Gasteiger partial charge in [0, 0.05) is 37.4 Å². The van der Waals surface area contributed by atoms with Crippen LogP contribution < -0.4 is 5.32 Å². The van der Waals surface area contributed by atoms with Crippen molar-refractivity contribution in [1.82, 2.24) is 23.4 Å². The van der Waals surface area contributed by atoms with Crippen LogP contribution in [0.5, 0.6) is 0 Å². The summed E-state index contributed by atoms with van der Waals surface area (Å²) >= 11 is 1.20. The second-order valence-corrected chi connectivity index (χ2v) is 16.0. The zero-order chi connectivity index (χ0) is 34.4. The van der Waals surface area contributed by atoms with Crippen molar-refractivity contribution < 1.29 is 21.6 Å². The molecule has 0 aliphatic carbocycles. The third-order valence-electron chi connectivity index (χ3n) is 7.77. The first-order valence-electron chi connectivity index (χ1n) is 15.5. The van der Waals surface area contributed by atoms with E-state index in [1.807, 2.05) is 34.9 Å². The monoisotopic (exact) mass is 698 g/mol. The molecule has 1 N–H and O–H groups in total. The molecular formula is C33H42N6O5S3. The minimum Gasteiger partial charge on any atom is -0.325 e. The van der Waals surface area contributed by atoms with Gasteiger partial charge in [-0.15, -0.1) is 10.2 Å². The van der Waals surface area contributed by atoms with Crippen molar-refractivity contribution in [3.05, 3.63) is 83.9 Å². The Balaban J connectivity index is 1.65. The largest absolute Gasteiger partial charge is 0.325 e. The quantitative estimate of drug-likeness (QED) is 0.161. The molecule has 0 bridgehead atoms. The number of carbonyl (C=O) groups is 1. The van der Waals surface area contributed by atoms with Crippen LogP contribution in [0.4, 0.5) is 5.69 Å². The first-order chi connectivity index (χ1) is 22.4. The molecule has 1 unspecified atom stereocenters. The molecule has 1 atom stereocenters. The Bertz CT molecular complexity index is 1910. The molecule has 14 heteroatoms. The third kappa shape index (κ3) is 8.12. The van der Waals surface area contributed by atoms with Crippen LogP contribution >= 0.6 is 11.8 Å². The number of aromatic nitrogens is 3. The molecular weight excluding hydrogens is 657 g/mol. The van der Waals surface area contributed by atoms with Crippen LogP contribution in [0, 0.1) is 6.92 Å². The molecule has 0 aliphatic rings. The molecule has 0 spiro atoms. The van der Waals surface area contributed by atoms with Crippen molar-refractivity contribution in [2.45, 2.75) is 68.3 Å². The number of rotatable bonds is 15. The van der Waals surface area contributed by atoms with E-state index in [-0.39, 0.29) is 15.7 Å². The van der Waals surface area contributed by atoms with E-state index in [4.69, 9.17) is 0 Å². The molecule has 0 fully saturated rings. The highest BCUT2D eigenvalue weighted by Gasteiger charge is 2.27. The van der Waals surface area contributed by atoms with Crippen molar-refractivity contribution >= 4 is 43.4 Å². The van der Waals surface area contributed by atoms with E-state index >= 15 is 0 Å². The van der Waals surface area contributed by atoms with Crippen molar-refractivity contribution in [2.24, 2.45) is 0 Å². The van der Waals surface area contributed by atoms with Gasteiger partial charge in [0.2, 0.25) is 26.0 Å². The van der Waals surface area contributed by atoms with Gasteiger partial charge in [-0.05, 0) is 49.2 Å². The fourth-order valence-corrected chi connectivity index (χ4v) is 9.18. The number of benzene rings is 3. The normalized spacial score (nSPS) is 12.9. The second kappa shape index (κ2) is 15.6. The average molecular weight is 699 g/mol. The zero-order valence-electron chi connectivity index (χ0n) is 27.5. The van der Waals surface area contributed by atoms with Crippen LogP contribution in [0.1, 0.15) is 45.7 Å². The molecule has 4 rings (SSSR count). The van der Waals surface area contributed by atoms with Gasteiger partial charge < -0.3 is 5.32 Å². The molecule has 1 aromatic heterocycles. The van der Waals surface area contributed by atoms with Gasteiger partial charge >= 0.3 is 0 Å². The lowest BCUT2D eigenvalue weighted by Crippen LogP contribution is -2.31. The smallest absolute Gasteiger partial charge is 0.243 e. The maximum atomic E-state index is 13.4. The maximum Gasteiger partial charge on any atom is 0.243 e. The van der Waals surface area contributed by atoms with E-state index in [9.17, 15) is 21.6 Å². The lowest BCUT2D eigenvalue weighted by Gasteiger charge is -2.20. The predicted octanol–water partition coefficient (Wildman–Crippen LogP) is 5.48. The number of carbonyl (C=O) groups excluding carboxylic acids is 1. The number of hydrogen-bond donors (Lipinski definition) is 1. The minimum absolute atomic E-state index is 0.150. The first-order valence-corrected chi connectivity index (χ1v) is 19.3. The molecule has 4 aromatic rings. The molecule has 252 valence electrons. The maximum absolute atomic E-state index is 13.4. The molecule has 0 saturated heterocycles. The van der Waals surface area contributed by atoms with Gasteiger partial charge in [0.05, 0.1) is 21.6 Å². The molecule has 0 aliphatic heterocycles. The van der Waals surface area contributed by atoms with Gasteiger partial charge in [0.25, 0.3) is 0 Å². The molecule has 47 heavy (non-hydrogen) atoms. The summed E-state index contributed by atoms with van der Waals surface area (Å²) in [6.07, 6.45) is 0. The summed E-state index contributed by atoms with van der Waals surface area (Å²) in [6, 6.07) is 21.2. The average Bonchev–Trinajstić information content (AvgIpc) is 3.44. The third-order valence-corrected chi connectivity index (χ3v) is 13.1. The fourth-order valence-electron chi connectivity index (χ4n) is 5.12. The highest BCUT2D eigenvalue weighted by molar-refractivity contribution is 8.00. The topological polar surface area (TPSA) is 135 Å². The second-order valence-electron chi connectivity index (χ2n) is 10.8. The summed E-state index contributed by atoms with van der Waals surface area (Å²) < 4.78 is 57.7. The molecule has 11 nitrogen and oxygen atoms in total. The molecule has 0 saturated carbocycles. The summed E-state index contributed by atoms with van der Waals surface area (Å²) in [7, 11) is -7.43. The Kier molecular flexibility index (Phi) is 12.0. The van der Waals surface area contributed by atoms with Gasteiger partial charge in [-0.2, -0.15) is 8.61 Å². The van der Waals surface area contributed by atoms with E-state index in [2.05, 4.69) is 15.5 Å². The van der Waals surface area contributed by atoms with Crippen LogP contribution in [0.25, 0.3) is 11.4 Å². The van der Waals surface area contributed by atoms with Gasteiger partial charge in [0.1, 0.15) is 0 Å². The number of anilines is 1. The number of sulfonamides is 2. The molecule has 1 heterocycles. The lowest BCUT2D eigenvalue weighted by molar-refractivity contribution is -0.115. The Morgan fingerprint density at radius 2 is 1.47 bits per heavy atom. The lowest BCUT2D eigenvalue weighted by atomic mass is 10.2. The van der Waals surface area contributed by atoms with Crippen LogP contribution in [0.15, 0.2) is 87.7 Å². The Morgan fingerprint density at radius 1 is 0.830 bits per heavy atom. The number of thioether (sulfide) groups is 1. The number of nitrogens with zero attached hydrogens (tertiary/aromatic N) is 5. The van der Waals surface area contributed by atoms with Gasteiger partial charge in [-0.25, -0.2) is 16.8 Å². The van der Waals surface area contributed by atoms with Gasteiger partial charge in [-0.1, -0.05) is 88.0 Å². The summed E-state index contributed by atoms with van der Waals surface area (Å²) in [5, 5.41) is 11.6. The SMILES string of the molecule is CCN(CC)S(=O)(=O)c1cccc(-c2nnc(SC(C)C(=O)Nc3ccc(C)c(S(=O)(=O)N(CC)CC)c3)n2Cc2ccccc2)c1. The van der Waals surface area contributed by atoms with E-state index in [0.29, 0.717) is 60.5 Å². The van der Waals surface area contributed by atoms with E-state index in [1.165, 1.54) is 26.4 Å². The Hall–Kier alpha value is -3.56. The Morgan fingerprint density at radius 3 is 2.11 bits per heavy atom. The van der Waals surface area contributed by atoms with Crippen molar-refractivity contribution in [1.29, 1.82) is 0 Å². The van der Waals surface area contributed by atoms with Crippen LogP contribution in [-0.2, 0) is 31.4 Å². The van der Waals surface area contributed by atoms with Crippen LogP contribution in [0.2, 0.25) is 0 Å². The fraction of sp³-hybridized carbons (Fsp3) is 0.364. The molecule has 0 radical (unpaired) electrons. The molecule has 1 amide bonds. The number of hydrogen-bond acceptors (Lipinski definition) is 8. The van der Waals surface area contributed by atoms with Crippen molar-refractivity contribution in [2.75, 3.05) is 31.5 Å². The first kappa shape index (κ1) is 36.3.